The number of hydrogen-bond donors (Lipinski definition) is 2. The summed E-state index contributed by atoms with van der Waals surface area (Å²) in [6.07, 6.45) is 2.20. The van der Waals surface area contributed by atoms with Crippen molar-refractivity contribution < 1.29 is 28.9 Å². The molecular weight excluding hydrogens is 350 g/mol. The molecule has 1 atom stereocenters. The quantitative estimate of drug-likeness (QED) is 0.776. The fourth-order valence-electron chi connectivity index (χ4n) is 2.79. The molecule has 142 valence electrons. The molecule has 0 spiro atoms. The summed E-state index contributed by atoms with van der Waals surface area (Å²) in [5, 5.41) is 11.8. The summed E-state index contributed by atoms with van der Waals surface area (Å²) in [7, 11) is 1.41. The predicted molar refractivity (Wildman–Crippen MR) is 98.8 cm³/mol. The van der Waals surface area contributed by atoms with E-state index in [1.165, 1.54) is 25.3 Å². The van der Waals surface area contributed by atoms with Crippen molar-refractivity contribution in [2.75, 3.05) is 25.6 Å². The minimum Gasteiger partial charge on any atom is -0.495 e. The Bertz CT molecular complexity index is 812. The van der Waals surface area contributed by atoms with Gasteiger partial charge in [-0.2, -0.15) is 0 Å². The van der Waals surface area contributed by atoms with E-state index in [2.05, 4.69) is 5.32 Å². The number of amides is 1. The fourth-order valence-corrected chi connectivity index (χ4v) is 2.79. The lowest BCUT2D eigenvalue weighted by Crippen LogP contribution is -2.16. The minimum atomic E-state index is -1.07. The number of benzene rings is 2. The van der Waals surface area contributed by atoms with Crippen LogP contribution in [-0.2, 0) is 4.74 Å². The molecule has 1 aliphatic rings. The number of rotatable bonds is 7. The van der Waals surface area contributed by atoms with Gasteiger partial charge in [0.05, 0.1) is 24.5 Å². The highest BCUT2D eigenvalue weighted by Crippen LogP contribution is 2.26. The van der Waals surface area contributed by atoms with Crippen LogP contribution in [0.2, 0.25) is 0 Å². The Labute approximate surface area is 156 Å². The van der Waals surface area contributed by atoms with Crippen molar-refractivity contribution in [3.63, 3.8) is 0 Å². The van der Waals surface area contributed by atoms with Gasteiger partial charge in [-0.1, -0.05) is 0 Å². The van der Waals surface area contributed by atoms with Crippen molar-refractivity contribution in [2.45, 2.75) is 18.9 Å². The molecule has 1 amide bonds. The van der Waals surface area contributed by atoms with Crippen molar-refractivity contribution in [3.8, 4) is 11.5 Å². The molecule has 1 aliphatic heterocycles. The van der Waals surface area contributed by atoms with Crippen molar-refractivity contribution in [1.82, 2.24) is 0 Å². The molecule has 0 radical (unpaired) electrons. The molecular formula is C20H21NO6. The van der Waals surface area contributed by atoms with Crippen LogP contribution in [0.1, 0.15) is 33.6 Å². The number of ether oxygens (including phenoxy) is 3. The Kier molecular flexibility index (Phi) is 5.93. The average molecular weight is 371 g/mol. The van der Waals surface area contributed by atoms with Crippen molar-refractivity contribution in [3.05, 3.63) is 53.6 Å². The molecule has 0 bridgehead atoms. The normalized spacial score (nSPS) is 16.0. The van der Waals surface area contributed by atoms with E-state index < -0.39 is 5.97 Å². The molecule has 1 saturated heterocycles. The summed E-state index contributed by atoms with van der Waals surface area (Å²) in [6, 6.07) is 11.1. The topological polar surface area (TPSA) is 94.1 Å². The molecule has 1 heterocycles. The minimum absolute atomic E-state index is 0.0811. The molecule has 0 aromatic heterocycles. The van der Waals surface area contributed by atoms with Gasteiger partial charge in [-0.25, -0.2) is 4.79 Å². The maximum Gasteiger partial charge on any atom is 0.335 e. The Morgan fingerprint density at radius 3 is 2.56 bits per heavy atom. The van der Waals surface area contributed by atoms with E-state index in [9.17, 15) is 9.59 Å². The van der Waals surface area contributed by atoms with Gasteiger partial charge in [-0.05, 0) is 55.3 Å². The van der Waals surface area contributed by atoms with Crippen LogP contribution in [0.4, 0.5) is 5.69 Å². The van der Waals surface area contributed by atoms with Crippen molar-refractivity contribution in [1.29, 1.82) is 0 Å². The average Bonchev–Trinajstić information content (AvgIpc) is 3.20. The van der Waals surface area contributed by atoms with Gasteiger partial charge < -0.3 is 24.6 Å². The Morgan fingerprint density at radius 1 is 1.19 bits per heavy atom. The number of carboxylic acid groups (broad SMARTS) is 1. The van der Waals surface area contributed by atoms with Crippen LogP contribution in [-0.4, -0.2) is 43.4 Å². The van der Waals surface area contributed by atoms with Crippen LogP contribution < -0.4 is 14.8 Å². The molecule has 2 aromatic rings. The fraction of sp³-hybridized carbons (Fsp3) is 0.300. The largest absolute Gasteiger partial charge is 0.495 e. The van der Waals surface area contributed by atoms with Crippen LogP contribution in [0.25, 0.3) is 0 Å². The number of carbonyl (C=O) groups is 2. The second-order valence-electron chi connectivity index (χ2n) is 6.14. The smallest absolute Gasteiger partial charge is 0.335 e. The van der Waals surface area contributed by atoms with Gasteiger partial charge in [-0.3, -0.25) is 4.79 Å². The third kappa shape index (κ3) is 4.77. The van der Waals surface area contributed by atoms with Gasteiger partial charge in [0, 0.05) is 12.2 Å². The number of hydrogen-bond acceptors (Lipinski definition) is 5. The van der Waals surface area contributed by atoms with Crippen LogP contribution in [0, 0.1) is 0 Å². The van der Waals surface area contributed by atoms with Crippen LogP contribution in [0.3, 0.4) is 0 Å². The van der Waals surface area contributed by atoms with E-state index in [-0.39, 0.29) is 23.3 Å². The zero-order valence-electron chi connectivity index (χ0n) is 14.9. The maximum absolute atomic E-state index is 12.4. The number of carbonyl (C=O) groups excluding carboxylic acids is 1. The Morgan fingerprint density at radius 2 is 1.93 bits per heavy atom. The number of anilines is 1. The molecule has 1 unspecified atom stereocenters. The highest BCUT2D eigenvalue weighted by atomic mass is 16.5. The lowest BCUT2D eigenvalue weighted by Gasteiger charge is -2.13. The molecule has 2 aromatic carbocycles. The molecule has 1 fully saturated rings. The van der Waals surface area contributed by atoms with E-state index in [1.807, 2.05) is 0 Å². The Balaban J connectivity index is 1.63. The van der Waals surface area contributed by atoms with E-state index in [1.54, 1.807) is 24.3 Å². The van der Waals surface area contributed by atoms with E-state index in [0.29, 0.717) is 23.6 Å². The van der Waals surface area contributed by atoms with Crippen LogP contribution in [0.15, 0.2) is 42.5 Å². The second-order valence-corrected chi connectivity index (χ2v) is 6.14. The van der Waals surface area contributed by atoms with Crippen molar-refractivity contribution in [2.24, 2.45) is 0 Å². The summed E-state index contributed by atoms with van der Waals surface area (Å²) >= 11 is 0. The standard InChI is InChI=1S/C20H21NO6/c1-25-18-11-14(20(23)24)6-9-17(18)21-19(22)13-4-7-15(8-5-13)27-12-16-3-2-10-26-16/h4-9,11,16H,2-3,10,12H2,1H3,(H,21,22)(H,23,24). The predicted octanol–water partition coefficient (Wildman–Crippen LogP) is 3.20. The molecule has 27 heavy (non-hydrogen) atoms. The van der Waals surface area contributed by atoms with E-state index >= 15 is 0 Å². The number of methoxy groups -OCH3 is 1. The van der Waals surface area contributed by atoms with Gasteiger partial charge in [0.15, 0.2) is 0 Å². The van der Waals surface area contributed by atoms with Crippen LogP contribution in [0.5, 0.6) is 11.5 Å². The zero-order chi connectivity index (χ0) is 19.2. The van der Waals surface area contributed by atoms with Gasteiger partial charge in [0.1, 0.15) is 18.1 Å². The summed E-state index contributed by atoms with van der Waals surface area (Å²) in [5.74, 6) is -0.447. The number of aromatic carboxylic acids is 1. The molecule has 7 nitrogen and oxygen atoms in total. The molecule has 0 saturated carbocycles. The van der Waals surface area contributed by atoms with Gasteiger partial charge in [0.25, 0.3) is 5.91 Å². The first kappa shape index (κ1) is 18.7. The third-order valence-corrected chi connectivity index (χ3v) is 4.27. The molecule has 3 rings (SSSR count). The number of nitrogens with one attached hydrogen (secondary N) is 1. The summed E-state index contributed by atoms with van der Waals surface area (Å²) < 4.78 is 16.4. The first-order valence-corrected chi connectivity index (χ1v) is 8.64. The monoisotopic (exact) mass is 371 g/mol. The SMILES string of the molecule is COc1cc(C(=O)O)ccc1NC(=O)c1ccc(OCC2CCCO2)cc1. The highest BCUT2D eigenvalue weighted by Gasteiger charge is 2.16. The third-order valence-electron chi connectivity index (χ3n) is 4.27. The van der Waals surface area contributed by atoms with E-state index in [4.69, 9.17) is 19.3 Å². The van der Waals surface area contributed by atoms with Crippen molar-refractivity contribution >= 4 is 17.6 Å². The molecule has 0 aliphatic carbocycles. The van der Waals surface area contributed by atoms with E-state index in [0.717, 1.165) is 19.4 Å². The highest BCUT2D eigenvalue weighted by molar-refractivity contribution is 6.05. The zero-order valence-corrected chi connectivity index (χ0v) is 14.9. The second kappa shape index (κ2) is 8.55. The summed E-state index contributed by atoms with van der Waals surface area (Å²) in [6.45, 7) is 1.28. The van der Waals surface area contributed by atoms with Crippen LogP contribution >= 0.6 is 0 Å². The first-order chi connectivity index (χ1) is 13.1. The van der Waals surface area contributed by atoms with Gasteiger partial charge in [-0.15, -0.1) is 0 Å². The van der Waals surface area contributed by atoms with Gasteiger partial charge >= 0.3 is 5.97 Å². The number of carboxylic acids is 1. The summed E-state index contributed by atoms with van der Waals surface area (Å²) in [4.78, 5) is 23.5. The molecule has 7 heteroatoms. The summed E-state index contributed by atoms with van der Waals surface area (Å²) in [5.41, 5.74) is 0.924. The molecule has 2 N–H and O–H groups in total. The lowest BCUT2D eigenvalue weighted by atomic mass is 10.1. The Hall–Kier alpha value is -3.06. The first-order valence-electron chi connectivity index (χ1n) is 8.64. The maximum atomic E-state index is 12.4. The van der Waals surface area contributed by atoms with Gasteiger partial charge in [0.2, 0.25) is 0 Å². The lowest BCUT2D eigenvalue weighted by molar-refractivity contribution is 0.0679.